The Morgan fingerprint density at radius 2 is 1.88 bits per heavy atom. The van der Waals surface area contributed by atoms with Gasteiger partial charge in [-0.15, -0.1) is 0 Å². The van der Waals surface area contributed by atoms with Crippen molar-refractivity contribution in [2.24, 2.45) is 0 Å². The van der Waals surface area contributed by atoms with Gasteiger partial charge in [0.15, 0.2) is 0 Å². The Balaban J connectivity index is 4.03. The average Bonchev–Trinajstić information content (AvgIpc) is 2.25. The minimum absolute atomic E-state index is 0.128. The number of esters is 1. The second-order valence-electron chi connectivity index (χ2n) is 3.21. The van der Waals surface area contributed by atoms with Gasteiger partial charge in [0.2, 0.25) is 5.91 Å². The summed E-state index contributed by atoms with van der Waals surface area (Å²) in [6, 6.07) is -0.747. The molecule has 16 heavy (non-hydrogen) atoms. The maximum absolute atomic E-state index is 11.3. The fourth-order valence-electron chi connectivity index (χ4n) is 0.919. The van der Waals surface area contributed by atoms with Crippen LogP contribution in [0.25, 0.3) is 0 Å². The van der Waals surface area contributed by atoms with Gasteiger partial charge in [-0.25, -0.2) is 4.79 Å². The van der Waals surface area contributed by atoms with E-state index in [-0.39, 0.29) is 12.5 Å². The molecule has 0 spiro atoms. The van der Waals surface area contributed by atoms with Gasteiger partial charge in [0, 0.05) is 6.54 Å². The number of carbonyl (C=O) groups excluding carboxylic acids is 3. The van der Waals surface area contributed by atoms with Crippen molar-refractivity contribution in [3.8, 4) is 0 Å². The third-order valence-corrected chi connectivity index (χ3v) is 1.75. The molecule has 6 heteroatoms. The molecule has 1 unspecified atom stereocenters. The Bertz CT molecular complexity index is 266. The summed E-state index contributed by atoms with van der Waals surface area (Å²) in [5.74, 6) is -2.20. The third kappa shape index (κ3) is 5.33. The topological polar surface area (TPSA) is 84.5 Å². The SMILES string of the molecule is CCCNC(=O)C(C)NC(=O)C(=O)OCC. The van der Waals surface area contributed by atoms with Gasteiger partial charge in [0.05, 0.1) is 6.61 Å². The Labute approximate surface area is 94.7 Å². The molecule has 6 nitrogen and oxygen atoms in total. The Hall–Kier alpha value is -1.59. The number of hydrogen-bond donors (Lipinski definition) is 2. The van der Waals surface area contributed by atoms with E-state index in [0.29, 0.717) is 6.54 Å². The highest BCUT2D eigenvalue weighted by Crippen LogP contribution is 1.85. The summed E-state index contributed by atoms with van der Waals surface area (Å²) in [5.41, 5.74) is 0. The normalized spacial score (nSPS) is 11.4. The molecule has 0 fully saturated rings. The van der Waals surface area contributed by atoms with Crippen LogP contribution in [0, 0.1) is 0 Å². The van der Waals surface area contributed by atoms with Gasteiger partial charge < -0.3 is 15.4 Å². The average molecular weight is 230 g/mol. The van der Waals surface area contributed by atoms with E-state index >= 15 is 0 Å². The molecular formula is C10H18N2O4. The molecule has 0 saturated heterocycles. The summed E-state index contributed by atoms with van der Waals surface area (Å²) in [5, 5.41) is 4.85. The molecule has 0 aliphatic carbocycles. The van der Waals surface area contributed by atoms with Gasteiger partial charge in [0.1, 0.15) is 6.04 Å². The number of amides is 2. The van der Waals surface area contributed by atoms with Crippen molar-refractivity contribution >= 4 is 17.8 Å². The van der Waals surface area contributed by atoms with Crippen LogP contribution in [-0.2, 0) is 19.1 Å². The zero-order chi connectivity index (χ0) is 12.6. The first-order chi connectivity index (χ1) is 7.52. The number of rotatable bonds is 5. The van der Waals surface area contributed by atoms with E-state index in [1.165, 1.54) is 6.92 Å². The van der Waals surface area contributed by atoms with E-state index in [1.807, 2.05) is 6.92 Å². The third-order valence-electron chi connectivity index (χ3n) is 1.75. The highest BCUT2D eigenvalue weighted by atomic mass is 16.5. The summed E-state index contributed by atoms with van der Waals surface area (Å²) in [4.78, 5) is 33.4. The van der Waals surface area contributed by atoms with Crippen LogP contribution in [0.5, 0.6) is 0 Å². The van der Waals surface area contributed by atoms with E-state index in [9.17, 15) is 14.4 Å². The van der Waals surface area contributed by atoms with Crippen LogP contribution in [0.2, 0.25) is 0 Å². The summed E-state index contributed by atoms with van der Waals surface area (Å²) in [7, 11) is 0. The van der Waals surface area contributed by atoms with Crippen molar-refractivity contribution in [1.29, 1.82) is 0 Å². The molecule has 0 aromatic rings. The molecule has 2 N–H and O–H groups in total. The highest BCUT2D eigenvalue weighted by molar-refractivity contribution is 6.32. The smallest absolute Gasteiger partial charge is 0.396 e. The van der Waals surface area contributed by atoms with E-state index in [4.69, 9.17) is 0 Å². The lowest BCUT2D eigenvalue weighted by Crippen LogP contribution is -2.47. The number of carbonyl (C=O) groups is 3. The van der Waals surface area contributed by atoms with Gasteiger partial charge in [-0.3, -0.25) is 9.59 Å². The van der Waals surface area contributed by atoms with Crippen LogP contribution in [0.1, 0.15) is 27.2 Å². The molecule has 0 saturated carbocycles. The number of nitrogens with one attached hydrogen (secondary N) is 2. The van der Waals surface area contributed by atoms with Crippen molar-refractivity contribution in [2.75, 3.05) is 13.2 Å². The maximum atomic E-state index is 11.3. The molecule has 0 bridgehead atoms. The lowest BCUT2D eigenvalue weighted by atomic mass is 10.3. The predicted octanol–water partition coefficient (Wildman–Crippen LogP) is -0.420. The van der Waals surface area contributed by atoms with E-state index in [1.54, 1.807) is 6.92 Å². The molecule has 0 aromatic heterocycles. The molecule has 0 rings (SSSR count). The van der Waals surface area contributed by atoms with Crippen molar-refractivity contribution in [2.45, 2.75) is 33.2 Å². The largest absolute Gasteiger partial charge is 0.459 e. The Morgan fingerprint density at radius 3 is 2.38 bits per heavy atom. The predicted molar refractivity (Wildman–Crippen MR) is 57.5 cm³/mol. The van der Waals surface area contributed by atoms with Gasteiger partial charge in [0.25, 0.3) is 0 Å². The van der Waals surface area contributed by atoms with Gasteiger partial charge in [-0.05, 0) is 20.3 Å². The van der Waals surface area contributed by atoms with E-state index < -0.39 is 17.9 Å². The Kier molecular flexibility index (Phi) is 6.91. The summed E-state index contributed by atoms with van der Waals surface area (Å²) >= 11 is 0. The minimum atomic E-state index is -0.974. The standard InChI is InChI=1S/C10H18N2O4/c1-4-6-11-8(13)7(3)12-9(14)10(15)16-5-2/h7H,4-6H2,1-3H3,(H,11,13)(H,12,14). The second kappa shape index (κ2) is 7.67. The monoisotopic (exact) mass is 230 g/mol. The molecule has 0 aromatic carbocycles. The Morgan fingerprint density at radius 1 is 1.25 bits per heavy atom. The van der Waals surface area contributed by atoms with Crippen molar-refractivity contribution in [1.82, 2.24) is 10.6 Å². The fraction of sp³-hybridized carbons (Fsp3) is 0.700. The van der Waals surface area contributed by atoms with E-state index in [0.717, 1.165) is 6.42 Å². The molecule has 0 heterocycles. The second-order valence-corrected chi connectivity index (χ2v) is 3.21. The van der Waals surface area contributed by atoms with Gasteiger partial charge in [-0.1, -0.05) is 6.92 Å². The molecule has 92 valence electrons. The van der Waals surface area contributed by atoms with E-state index in [2.05, 4.69) is 15.4 Å². The van der Waals surface area contributed by atoms with Crippen molar-refractivity contribution in [3.05, 3.63) is 0 Å². The van der Waals surface area contributed by atoms with Crippen LogP contribution < -0.4 is 10.6 Å². The van der Waals surface area contributed by atoms with Crippen molar-refractivity contribution < 1.29 is 19.1 Å². The van der Waals surface area contributed by atoms with Crippen LogP contribution in [-0.4, -0.2) is 37.0 Å². The summed E-state index contributed by atoms with van der Waals surface area (Å²) in [6.45, 7) is 5.69. The highest BCUT2D eigenvalue weighted by Gasteiger charge is 2.20. The molecule has 0 aliphatic heterocycles. The van der Waals surface area contributed by atoms with Crippen LogP contribution in [0.3, 0.4) is 0 Å². The lowest BCUT2D eigenvalue weighted by molar-refractivity contribution is -0.155. The molecular weight excluding hydrogens is 212 g/mol. The molecule has 0 aliphatic rings. The van der Waals surface area contributed by atoms with Gasteiger partial charge >= 0.3 is 11.9 Å². The fourth-order valence-corrected chi connectivity index (χ4v) is 0.919. The van der Waals surface area contributed by atoms with Crippen molar-refractivity contribution in [3.63, 3.8) is 0 Å². The number of ether oxygens (including phenoxy) is 1. The first kappa shape index (κ1) is 14.4. The zero-order valence-electron chi connectivity index (χ0n) is 9.83. The zero-order valence-corrected chi connectivity index (χ0v) is 9.83. The lowest BCUT2D eigenvalue weighted by Gasteiger charge is -2.12. The quantitative estimate of drug-likeness (QED) is 0.496. The molecule has 0 radical (unpaired) electrons. The molecule has 1 atom stereocenters. The van der Waals surface area contributed by atoms with Gasteiger partial charge in [-0.2, -0.15) is 0 Å². The minimum Gasteiger partial charge on any atom is -0.459 e. The first-order valence-corrected chi connectivity index (χ1v) is 5.28. The molecule has 2 amide bonds. The number of hydrogen-bond acceptors (Lipinski definition) is 4. The van der Waals surface area contributed by atoms with Crippen LogP contribution in [0.4, 0.5) is 0 Å². The summed E-state index contributed by atoms with van der Waals surface area (Å²) in [6.07, 6.45) is 0.810. The summed E-state index contributed by atoms with van der Waals surface area (Å²) < 4.78 is 4.48. The maximum Gasteiger partial charge on any atom is 0.396 e. The van der Waals surface area contributed by atoms with Crippen LogP contribution in [0.15, 0.2) is 0 Å². The van der Waals surface area contributed by atoms with Crippen LogP contribution >= 0.6 is 0 Å². The first-order valence-electron chi connectivity index (χ1n) is 5.28.